The van der Waals surface area contributed by atoms with E-state index in [1.54, 1.807) is 0 Å². The van der Waals surface area contributed by atoms with E-state index in [4.69, 9.17) is 5.11 Å². The standard InChI is InChI=1S/C11H12N.C3H3N4O2.W/c1-2-4-10(5-3-1)11-6-8-12-9-7-11;8-3(9)1-7-5-2-4-6-7;/h1-6H,7-9H2;1H2,(H,8,9);/q2*-1;+2. The number of carboxylic acids is 1. The van der Waals surface area contributed by atoms with E-state index in [0.717, 1.165) is 24.3 Å². The normalized spacial score (nSPS) is 13.2. The quantitative estimate of drug-likeness (QED) is 0.687. The van der Waals surface area contributed by atoms with Crippen molar-refractivity contribution in [2.24, 2.45) is 0 Å². The second-order valence-electron chi connectivity index (χ2n) is 4.29. The van der Waals surface area contributed by atoms with Crippen LogP contribution in [0.4, 0.5) is 0 Å². The van der Waals surface area contributed by atoms with Crippen molar-refractivity contribution in [3.63, 3.8) is 0 Å². The van der Waals surface area contributed by atoms with Gasteiger partial charge in [-0.05, 0) is 17.6 Å². The molecule has 0 radical (unpaired) electrons. The summed E-state index contributed by atoms with van der Waals surface area (Å²) in [5.74, 6) is -0.999. The third-order valence-electron chi connectivity index (χ3n) is 2.78. The monoisotopic (exact) mass is 469 g/mol. The van der Waals surface area contributed by atoms with Crippen LogP contribution in [0.3, 0.4) is 0 Å². The van der Waals surface area contributed by atoms with E-state index >= 15 is 0 Å². The van der Waals surface area contributed by atoms with Gasteiger partial charge in [-0.25, -0.2) is 6.33 Å². The molecule has 0 saturated heterocycles. The summed E-state index contributed by atoms with van der Waals surface area (Å²) in [6, 6.07) is 10.6. The molecule has 2 aromatic rings. The van der Waals surface area contributed by atoms with Gasteiger partial charge in [0.2, 0.25) is 0 Å². The number of aromatic nitrogens is 4. The van der Waals surface area contributed by atoms with Crippen LogP contribution in [-0.2, 0) is 32.4 Å². The maximum Gasteiger partial charge on any atom is 2.00 e. The van der Waals surface area contributed by atoms with Crippen LogP contribution in [0, 0.1) is 6.33 Å². The van der Waals surface area contributed by atoms with Crippen LogP contribution in [0.1, 0.15) is 12.0 Å². The Balaban J connectivity index is 0.000000219. The zero-order chi connectivity index (χ0) is 14.9. The smallest absolute Gasteiger partial charge is 0.659 e. The number of carbonyl (C=O) groups is 1. The Kier molecular flexibility index (Phi) is 8.25. The Labute approximate surface area is 142 Å². The van der Waals surface area contributed by atoms with Gasteiger partial charge >= 0.3 is 27.0 Å². The second kappa shape index (κ2) is 9.97. The second-order valence-corrected chi connectivity index (χ2v) is 4.29. The topological polar surface area (TPSA) is 95.0 Å². The third kappa shape index (κ3) is 6.28. The molecule has 1 aromatic carbocycles. The van der Waals surface area contributed by atoms with Crippen molar-refractivity contribution < 1.29 is 31.0 Å². The molecule has 3 rings (SSSR count). The molecule has 0 spiro atoms. The van der Waals surface area contributed by atoms with Crippen LogP contribution >= 0.6 is 0 Å². The van der Waals surface area contributed by atoms with Crippen LogP contribution in [0.5, 0.6) is 0 Å². The van der Waals surface area contributed by atoms with E-state index in [-0.39, 0.29) is 27.6 Å². The van der Waals surface area contributed by atoms with Gasteiger partial charge in [0.25, 0.3) is 0 Å². The SMILES string of the molecule is C1=C(c2ccccc2)CC[N-]C1.O=C(O)Cn1n[c-]nn1.[W+2]. The molecule has 0 aliphatic carbocycles. The summed E-state index contributed by atoms with van der Waals surface area (Å²) in [6.07, 6.45) is 5.45. The average Bonchev–Trinajstić information content (AvgIpc) is 3.02. The zero-order valence-corrected chi connectivity index (χ0v) is 14.7. The van der Waals surface area contributed by atoms with E-state index in [9.17, 15) is 4.79 Å². The van der Waals surface area contributed by atoms with Crippen LogP contribution in [0.15, 0.2) is 36.4 Å². The molecule has 1 aliphatic rings. The summed E-state index contributed by atoms with van der Waals surface area (Å²) < 4.78 is 0. The van der Waals surface area contributed by atoms with E-state index < -0.39 is 5.97 Å². The molecule has 0 unspecified atom stereocenters. The first-order valence-corrected chi connectivity index (χ1v) is 6.49. The molecule has 0 atom stereocenters. The third-order valence-corrected chi connectivity index (χ3v) is 2.78. The maximum absolute atomic E-state index is 9.92. The molecule has 0 amide bonds. The van der Waals surface area contributed by atoms with Gasteiger partial charge in [-0.15, -0.1) is 19.2 Å². The molecule has 22 heavy (non-hydrogen) atoms. The number of aliphatic carboxylic acids is 1. The van der Waals surface area contributed by atoms with Gasteiger partial charge in [0.05, 0.1) is 0 Å². The average molecular weight is 469 g/mol. The predicted molar refractivity (Wildman–Crippen MR) is 76.4 cm³/mol. The molecule has 0 bridgehead atoms. The number of tetrazole rings is 1. The summed E-state index contributed by atoms with van der Waals surface area (Å²) >= 11 is 0. The molecule has 1 aromatic heterocycles. The largest absolute Gasteiger partial charge is 2.00 e. The minimum atomic E-state index is -0.999. The van der Waals surface area contributed by atoms with Crippen molar-refractivity contribution in [1.29, 1.82) is 0 Å². The van der Waals surface area contributed by atoms with Gasteiger partial charge in [-0.1, -0.05) is 35.5 Å². The first-order chi connectivity index (χ1) is 10.3. The number of rotatable bonds is 3. The van der Waals surface area contributed by atoms with E-state index in [2.05, 4.69) is 63.5 Å². The summed E-state index contributed by atoms with van der Waals surface area (Å²) in [4.78, 5) is 10.9. The van der Waals surface area contributed by atoms with Gasteiger partial charge < -0.3 is 20.6 Å². The molecule has 1 N–H and O–H groups in total. The fourth-order valence-electron chi connectivity index (χ4n) is 1.83. The van der Waals surface area contributed by atoms with Crippen LogP contribution in [0.2, 0.25) is 0 Å². The fourth-order valence-corrected chi connectivity index (χ4v) is 1.83. The summed E-state index contributed by atoms with van der Waals surface area (Å²) in [5, 5.41) is 22.2. The van der Waals surface area contributed by atoms with Crippen molar-refractivity contribution in [2.75, 3.05) is 13.1 Å². The molecular formula is C14H15N5O2W. The van der Waals surface area contributed by atoms with Crippen molar-refractivity contribution in [3.8, 4) is 0 Å². The van der Waals surface area contributed by atoms with Crippen molar-refractivity contribution in [1.82, 2.24) is 20.2 Å². The number of hydrogen-bond donors (Lipinski definition) is 1. The van der Waals surface area contributed by atoms with E-state index in [0.29, 0.717) is 0 Å². The minimum Gasteiger partial charge on any atom is -0.659 e. The minimum absolute atomic E-state index is 0. The van der Waals surface area contributed by atoms with Crippen molar-refractivity contribution >= 4 is 11.5 Å². The molecular weight excluding hydrogens is 454 g/mol. The Morgan fingerprint density at radius 1 is 1.36 bits per heavy atom. The van der Waals surface area contributed by atoms with E-state index in [1.807, 2.05) is 0 Å². The summed E-state index contributed by atoms with van der Waals surface area (Å²) in [6.45, 7) is 1.61. The first-order valence-electron chi connectivity index (χ1n) is 6.49. The molecule has 0 fully saturated rings. The Hall–Kier alpha value is -1.85. The molecule has 8 heteroatoms. The predicted octanol–water partition coefficient (Wildman–Crippen LogP) is 1.40. The van der Waals surface area contributed by atoms with E-state index in [1.165, 1.54) is 11.1 Å². The molecule has 7 nitrogen and oxygen atoms in total. The summed E-state index contributed by atoms with van der Waals surface area (Å²) in [7, 11) is 0. The van der Waals surface area contributed by atoms with Gasteiger partial charge in [0.1, 0.15) is 0 Å². The number of benzene rings is 1. The van der Waals surface area contributed by atoms with Gasteiger partial charge in [-0.2, -0.15) is 4.80 Å². The first kappa shape index (κ1) is 18.2. The van der Waals surface area contributed by atoms with Gasteiger partial charge in [-0.3, -0.25) is 4.79 Å². The number of carboxylic acid groups (broad SMARTS) is 1. The molecule has 0 saturated carbocycles. The number of hydrogen-bond acceptors (Lipinski definition) is 4. The van der Waals surface area contributed by atoms with Crippen molar-refractivity contribution in [3.05, 3.63) is 53.6 Å². The molecule has 2 heterocycles. The van der Waals surface area contributed by atoms with Crippen molar-refractivity contribution in [2.45, 2.75) is 13.0 Å². The summed E-state index contributed by atoms with van der Waals surface area (Å²) in [5.41, 5.74) is 2.80. The maximum atomic E-state index is 9.92. The van der Waals surface area contributed by atoms with Gasteiger partial charge in [0.15, 0.2) is 6.54 Å². The van der Waals surface area contributed by atoms with Crippen LogP contribution in [0.25, 0.3) is 10.9 Å². The zero-order valence-electron chi connectivity index (χ0n) is 11.8. The Bertz CT molecular complexity index is 587. The Morgan fingerprint density at radius 2 is 2.14 bits per heavy atom. The van der Waals surface area contributed by atoms with Crippen LogP contribution < -0.4 is 0 Å². The molecule has 114 valence electrons. The number of nitrogens with zero attached hydrogens (tertiary/aromatic N) is 5. The van der Waals surface area contributed by atoms with Gasteiger partial charge in [0, 0.05) is 0 Å². The van der Waals surface area contributed by atoms with Crippen LogP contribution in [-0.4, -0.2) is 44.4 Å². The fraction of sp³-hybridized carbons (Fsp3) is 0.286. The molecule has 1 aliphatic heterocycles. The Morgan fingerprint density at radius 3 is 2.68 bits per heavy atom.